The Balaban J connectivity index is 1.73. The first kappa shape index (κ1) is 18.4. The Morgan fingerprint density at radius 2 is 1.38 bits per heavy atom. The SMILES string of the molecule is CN(c1ccc(OCCCOc2ccc(Cl)cc2)cc1)S(C)(=O)=O. The zero-order chi connectivity index (χ0) is 17.6. The molecule has 0 aliphatic heterocycles. The maximum absolute atomic E-state index is 11.5. The molecule has 7 heteroatoms. The first-order chi connectivity index (χ1) is 11.4. The van der Waals surface area contributed by atoms with Gasteiger partial charge in [0, 0.05) is 18.5 Å². The minimum Gasteiger partial charge on any atom is -0.493 e. The van der Waals surface area contributed by atoms with Crippen LogP contribution in [0.3, 0.4) is 0 Å². The first-order valence-electron chi connectivity index (χ1n) is 7.41. The molecule has 0 atom stereocenters. The summed E-state index contributed by atoms with van der Waals surface area (Å²) >= 11 is 5.81. The van der Waals surface area contributed by atoms with E-state index in [0.717, 1.165) is 18.4 Å². The average Bonchev–Trinajstić information content (AvgIpc) is 2.55. The maximum atomic E-state index is 11.5. The second-order valence-electron chi connectivity index (χ2n) is 5.23. The number of sulfonamides is 1. The fourth-order valence-corrected chi connectivity index (χ4v) is 2.54. The summed E-state index contributed by atoms with van der Waals surface area (Å²) in [5.74, 6) is 1.46. The zero-order valence-electron chi connectivity index (χ0n) is 13.6. The summed E-state index contributed by atoms with van der Waals surface area (Å²) in [4.78, 5) is 0. The third-order valence-corrected chi connectivity index (χ3v) is 4.80. The van der Waals surface area contributed by atoms with Crippen LogP contribution in [-0.4, -0.2) is 34.9 Å². The van der Waals surface area contributed by atoms with Crippen LogP contribution in [0, 0.1) is 0 Å². The van der Waals surface area contributed by atoms with Gasteiger partial charge in [0.1, 0.15) is 11.5 Å². The van der Waals surface area contributed by atoms with Crippen LogP contribution >= 0.6 is 11.6 Å². The topological polar surface area (TPSA) is 55.8 Å². The highest BCUT2D eigenvalue weighted by Gasteiger charge is 2.11. The van der Waals surface area contributed by atoms with Crippen molar-refractivity contribution in [3.8, 4) is 11.5 Å². The highest BCUT2D eigenvalue weighted by molar-refractivity contribution is 7.92. The molecule has 0 N–H and O–H groups in total. The van der Waals surface area contributed by atoms with Crippen molar-refractivity contribution in [1.29, 1.82) is 0 Å². The van der Waals surface area contributed by atoms with E-state index >= 15 is 0 Å². The molecule has 0 heterocycles. The Morgan fingerprint density at radius 3 is 1.83 bits per heavy atom. The Morgan fingerprint density at radius 1 is 0.917 bits per heavy atom. The Labute approximate surface area is 147 Å². The largest absolute Gasteiger partial charge is 0.493 e. The van der Waals surface area contributed by atoms with E-state index in [4.69, 9.17) is 21.1 Å². The molecule has 0 fully saturated rings. The van der Waals surface area contributed by atoms with Gasteiger partial charge in [-0.1, -0.05) is 11.6 Å². The van der Waals surface area contributed by atoms with E-state index < -0.39 is 10.0 Å². The molecule has 0 saturated heterocycles. The van der Waals surface area contributed by atoms with Crippen molar-refractivity contribution in [2.75, 3.05) is 30.8 Å². The fourth-order valence-electron chi connectivity index (χ4n) is 1.91. The molecule has 2 rings (SSSR count). The molecule has 0 aromatic heterocycles. The third kappa shape index (κ3) is 5.62. The van der Waals surface area contributed by atoms with Crippen LogP contribution in [0.5, 0.6) is 11.5 Å². The molecule has 2 aromatic rings. The average molecular weight is 370 g/mol. The lowest BCUT2D eigenvalue weighted by molar-refractivity contribution is 0.247. The van der Waals surface area contributed by atoms with E-state index in [2.05, 4.69) is 0 Å². The summed E-state index contributed by atoms with van der Waals surface area (Å²) in [7, 11) is -1.74. The summed E-state index contributed by atoms with van der Waals surface area (Å²) < 4.78 is 35.3. The molecule has 0 aliphatic carbocycles. The van der Waals surface area contributed by atoms with Gasteiger partial charge >= 0.3 is 0 Å². The number of anilines is 1. The summed E-state index contributed by atoms with van der Waals surface area (Å²) in [5, 5.41) is 0.677. The van der Waals surface area contributed by atoms with Crippen LogP contribution in [0.1, 0.15) is 6.42 Å². The van der Waals surface area contributed by atoms with E-state index in [1.54, 1.807) is 36.4 Å². The Kier molecular flexibility index (Phi) is 6.34. The van der Waals surface area contributed by atoms with Crippen molar-refractivity contribution in [2.45, 2.75) is 6.42 Å². The molecule has 0 saturated carbocycles. The number of rotatable bonds is 8. The van der Waals surface area contributed by atoms with E-state index in [0.29, 0.717) is 29.7 Å². The standard InChI is InChI=1S/C17H20ClNO4S/c1-19(24(2,20)21)15-6-10-17(11-7-15)23-13-3-12-22-16-8-4-14(18)5-9-16/h4-11H,3,12-13H2,1-2H3. The van der Waals surface area contributed by atoms with Crippen LogP contribution in [-0.2, 0) is 10.0 Å². The Hall–Kier alpha value is -1.92. The van der Waals surface area contributed by atoms with Crippen LogP contribution in [0.25, 0.3) is 0 Å². The third-order valence-electron chi connectivity index (χ3n) is 3.34. The minimum absolute atomic E-state index is 0.509. The van der Waals surface area contributed by atoms with E-state index in [-0.39, 0.29) is 0 Å². The van der Waals surface area contributed by atoms with Gasteiger partial charge in [-0.2, -0.15) is 0 Å². The van der Waals surface area contributed by atoms with Crippen LogP contribution in [0.15, 0.2) is 48.5 Å². The van der Waals surface area contributed by atoms with Gasteiger partial charge in [-0.3, -0.25) is 4.31 Å². The quantitative estimate of drug-likeness (QED) is 0.667. The Bertz CT molecular complexity index is 745. The molecule has 0 radical (unpaired) electrons. The van der Waals surface area contributed by atoms with E-state index in [1.165, 1.54) is 11.4 Å². The molecule has 24 heavy (non-hydrogen) atoms. The van der Waals surface area contributed by atoms with Gasteiger partial charge in [0.2, 0.25) is 10.0 Å². The monoisotopic (exact) mass is 369 g/mol. The minimum atomic E-state index is -3.25. The number of halogens is 1. The van der Waals surface area contributed by atoms with E-state index in [9.17, 15) is 8.42 Å². The van der Waals surface area contributed by atoms with Crippen molar-refractivity contribution < 1.29 is 17.9 Å². The maximum Gasteiger partial charge on any atom is 0.231 e. The lowest BCUT2D eigenvalue weighted by Crippen LogP contribution is -2.24. The van der Waals surface area contributed by atoms with Gasteiger partial charge in [0.05, 0.1) is 25.2 Å². The number of ether oxygens (including phenoxy) is 2. The van der Waals surface area contributed by atoms with Gasteiger partial charge in [-0.25, -0.2) is 8.42 Å². The van der Waals surface area contributed by atoms with Crippen molar-refractivity contribution in [3.05, 3.63) is 53.6 Å². The zero-order valence-corrected chi connectivity index (χ0v) is 15.2. The molecular weight excluding hydrogens is 350 g/mol. The highest BCUT2D eigenvalue weighted by Crippen LogP contribution is 2.20. The lowest BCUT2D eigenvalue weighted by atomic mass is 10.3. The number of nitrogens with zero attached hydrogens (tertiary/aromatic N) is 1. The predicted molar refractivity (Wildman–Crippen MR) is 96.7 cm³/mol. The molecular formula is C17H20ClNO4S. The highest BCUT2D eigenvalue weighted by atomic mass is 35.5. The van der Waals surface area contributed by atoms with Crippen molar-refractivity contribution in [1.82, 2.24) is 0 Å². The number of benzene rings is 2. The molecule has 0 amide bonds. The van der Waals surface area contributed by atoms with Crippen molar-refractivity contribution in [2.24, 2.45) is 0 Å². The van der Waals surface area contributed by atoms with Crippen LogP contribution < -0.4 is 13.8 Å². The van der Waals surface area contributed by atoms with Gasteiger partial charge < -0.3 is 9.47 Å². The van der Waals surface area contributed by atoms with Crippen molar-refractivity contribution in [3.63, 3.8) is 0 Å². The predicted octanol–water partition coefficient (Wildman–Crippen LogP) is 3.58. The smallest absolute Gasteiger partial charge is 0.231 e. The van der Waals surface area contributed by atoms with Crippen molar-refractivity contribution >= 4 is 27.3 Å². The molecule has 0 aliphatic rings. The molecule has 0 bridgehead atoms. The summed E-state index contributed by atoms with van der Waals surface area (Å²) in [5.41, 5.74) is 0.593. The summed E-state index contributed by atoms with van der Waals surface area (Å²) in [6.45, 7) is 1.05. The molecule has 5 nitrogen and oxygen atoms in total. The number of hydrogen-bond acceptors (Lipinski definition) is 4. The lowest BCUT2D eigenvalue weighted by Gasteiger charge is -2.16. The molecule has 2 aromatic carbocycles. The molecule has 0 spiro atoms. The van der Waals surface area contributed by atoms with Crippen LogP contribution in [0.4, 0.5) is 5.69 Å². The molecule has 130 valence electrons. The van der Waals surface area contributed by atoms with Gasteiger partial charge in [0.25, 0.3) is 0 Å². The first-order valence-corrected chi connectivity index (χ1v) is 9.64. The van der Waals surface area contributed by atoms with Gasteiger partial charge in [-0.05, 0) is 48.5 Å². The molecule has 0 unspecified atom stereocenters. The summed E-state index contributed by atoms with van der Waals surface area (Å²) in [6, 6.07) is 14.1. The van der Waals surface area contributed by atoms with Gasteiger partial charge in [-0.15, -0.1) is 0 Å². The second-order valence-corrected chi connectivity index (χ2v) is 7.68. The second kappa shape index (κ2) is 8.26. The number of hydrogen-bond donors (Lipinski definition) is 0. The van der Waals surface area contributed by atoms with Crippen LogP contribution in [0.2, 0.25) is 5.02 Å². The summed E-state index contributed by atoms with van der Waals surface area (Å²) in [6.07, 6.45) is 1.89. The van der Waals surface area contributed by atoms with E-state index in [1.807, 2.05) is 12.1 Å². The van der Waals surface area contributed by atoms with Gasteiger partial charge in [0.15, 0.2) is 0 Å². The normalized spacial score (nSPS) is 11.1. The fraction of sp³-hybridized carbons (Fsp3) is 0.294.